The number of ether oxygens (including phenoxy) is 1. The molecule has 0 aromatic heterocycles. The molecular weight excluding hydrogens is 227 g/mol. The Labute approximate surface area is 85.3 Å². The standard InChI is InChI=1S/C8H7FO5S/c1-14-6-4-5(8(10)11)2-3-7(6)15(9,12)13/h2-4H,1H3,(H,10,11). The molecule has 0 radical (unpaired) electrons. The van der Waals surface area contributed by atoms with E-state index in [1.807, 2.05) is 0 Å². The molecule has 0 unspecified atom stereocenters. The first kappa shape index (κ1) is 11.4. The van der Waals surface area contributed by atoms with Crippen LogP contribution in [-0.2, 0) is 10.2 Å². The lowest BCUT2D eigenvalue weighted by atomic mass is 10.2. The monoisotopic (exact) mass is 234 g/mol. The van der Waals surface area contributed by atoms with Gasteiger partial charge in [0.25, 0.3) is 0 Å². The van der Waals surface area contributed by atoms with E-state index in [-0.39, 0.29) is 11.3 Å². The van der Waals surface area contributed by atoms with Gasteiger partial charge in [-0.3, -0.25) is 0 Å². The fourth-order valence-electron chi connectivity index (χ4n) is 1.00. The zero-order valence-corrected chi connectivity index (χ0v) is 8.41. The largest absolute Gasteiger partial charge is 0.495 e. The summed E-state index contributed by atoms with van der Waals surface area (Å²) in [4.78, 5) is 9.85. The van der Waals surface area contributed by atoms with Gasteiger partial charge < -0.3 is 9.84 Å². The van der Waals surface area contributed by atoms with Crippen molar-refractivity contribution >= 4 is 16.2 Å². The molecule has 0 spiro atoms. The number of benzene rings is 1. The van der Waals surface area contributed by atoms with Gasteiger partial charge >= 0.3 is 16.2 Å². The van der Waals surface area contributed by atoms with Gasteiger partial charge in [0.2, 0.25) is 0 Å². The van der Waals surface area contributed by atoms with E-state index in [1.165, 1.54) is 0 Å². The molecule has 0 bridgehead atoms. The molecule has 0 fully saturated rings. The lowest BCUT2D eigenvalue weighted by Gasteiger charge is -2.05. The fourth-order valence-corrected chi connectivity index (χ4v) is 1.62. The van der Waals surface area contributed by atoms with Crippen LogP contribution >= 0.6 is 0 Å². The number of methoxy groups -OCH3 is 1. The molecule has 1 aromatic carbocycles. The van der Waals surface area contributed by atoms with Crippen LogP contribution in [0.5, 0.6) is 5.75 Å². The van der Waals surface area contributed by atoms with Crippen molar-refractivity contribution in [3.05, 3.63) is 23.8 Å². The molecule has 0 saturated carbocycles. The summed E-state index contributed by atoms with van der Waals surface area (Å²) in [6, 6.07) is 2.77. The van der Waals surface area contributed by atoms with E-state index in [9.17, 15) is 17.1 Å². The topological polar surface area (TPSA) is 80.7 Å². The van der Waals surface area contributed by atoms with Crippen molar-refractivity contribution in [1.29, 1.82) is 0 Å². The van der Waals surface area contributed by atoms with E-state index in [4.69, 9.17) is 5.11 Å². The molecule has 15 heavy (non-hydrogen) atoms. The number of rotatable bonds is 3. The summed E-state index contributed by atoms with van der Waals surface area (Å²) in [6.07, 6.45) is 0. The molecule has 0 amide bonds. The van der Waals surface area contributed by atoms with E-state index in [1.54, 1.807) is 0 Å². The van der Waals surface area contributed by atoms with Gasteiger partial charge in [-0.2, -0.15) is 8.42 Å². The molecule has 0 aliphatic rings. The van der Waals surface area contributed by atoms with Gasteiger partial charge in [-0.05, 0) is 18.2 Å². The Bertz CT molecular complexity index is 494. The summed E-state index contributed by atoms with van der Waals surface area (Å²) >= 11 is 0. The number of carbonyl (C=O) groups is 1. The second-order valence-corrected chi connectivity index (χ2v) is 3.92. The minimum absolute atomic E-state index is 0.181. The molecule has 0 atom stereocenters. The van der Waals surface area contributed by atoms with Gasteiger partial charge in [0.15, 0.2) is 0 Å². The van der Waals surface area contributed by atoms with E-state index in [0.29, 0.717) is 0 Å². The van der Waals surface area contributed by atoms with Crippen molar-refractivity contribution in [2.24, 2.45) is 0 Å². The minimum Gasteiger partial charge on any atom is -0.495 e. The average Bonchev–Trinajstić information content (AvgIpc) is 2.15. The van der Waals surface area contributed by atoms with Crippen LogP contribution in [0.25, 0.3) is 0 Å². The van der Waals surface area contributed by atoms with E-state index >= 15 is 0 Å². The van der Waals surface area contributed by atoms with Crippen LogP contribution in [0.15, 0.2) is 23.1 Å². The maximum atomic E-state index is 12.6. The lowest BCUT2D eigenvalue weighted by Crippen LogP contribution is -2.01. The Morgan fingerprint density at radius 1 is 1.47 bits per heavy atom. The third-order valence-corrected chi connectivity index (χ3v) is 2.54. The van der Waals surface area contributed by atoms with Crippen LogP contribution in [-0.4, -0.2) is 26.6 Å². The van der Waals surface area contributed by atoms with Gasteiger partial charge in [0.05, 0.1) is 12.7 Å². The number of carboxylic acids is 1. The Morgan fingerprint density at radius 2 is 2.07 bits per heavy atom. The van der Waals surface area contributed by atoms with Crippen LogP contribution in [0.3, 0.4) is 0 Å². The van der Waals surface area contributed by atoms with Gasteiger partial charge in [-0.25, -0.2) is 4.79 Å². The zero-order chi connectivity index (χ0) is 11.6. The predicted octanol–water partition coefficient (Wildman–Crippen LogP) is 1.05. The lowest BCUT2D eigenvalue weighted by molar-refractivity contribution is 0.0696. The number of carboxylic acid groups (broad SMARTS) is 1. The van der Waals surface area contributed by atoms with Crippen molar-refractivity contribution in [2.45, 2.75) is 4.90 Å². The van der Waals surface area contributed by atoms with E-state index in [2.05, 4.69) is 4.74 Å². The minimum atomic E-state index is -4.91. The summed E-state index contributed by atoms with van der Waals surface area (Å²) in [5, 5.41) is 8.60. The van der Waals surface area contributed by atoms with Crippen LogP contribution in [0.4, 0.5) is 3.89 Å². The van der Waals surface area contributed by atoms with Crippen molar-refractivity contribution in [2.75, 3.05) is 7.11 Å². The average molecular weight is 234 g/mol. The Morgan fingerprint density at radius 3 is 2.47 bits per heavy atom. The highest BCUT2D eigenvalue weighted by Crippen LogP contribution is 2.26. The number of hydrogen-bond donors (Lipinski definition) is 1. The first-order valence-corrected chi connectivity index (χ1v) is 5.10. The Hall–Kier alpha value is -1.63. The second-order valence-electron chi connectivity index (χ2n) is 2.61. The molecule has 1 N–H and O–H groups in total. The van der Waals surface area contributed by atoms with E-state index in [0.717, 1.165) is 25.3 Å². The van der Waals surface area contributed by atoms with E-state index < -0.39 is 21.1 Å². The third kappa shape index (κ3) is 2.44. The van der Waals surface area contributed by atoms with Gasteiger partial charge in [0.1, 0.15) is 10.6 Å². The highest BCUT2D eigenvalue weighted by atomic mass is 32.3. The second kappa shape index (κ2) is 3.85. The maximum absolute atomic E-state index is 12.6. The smallest absolute Gasteiger partial charge is 0.335 e. The number of halogens is 1. The SMILES string of the molecule is COc1cc(C(=O)O)ccc1S(=O)(=O)F. The summed E-state index contributed by atoms with van der Waals surface area (Å²) < 4.78 is 38.4. The van der Waals surface area contributed by atoms with Crippen molar-refractivity contribution < 1.29 is 26.9 Å². The quantitative estimate of drug-likeness (QED) is 0.790. The first-order valence-electron chi connectivity index (χ1n) is 3.72. The number of aromatic carboxylic acids is 1. The Kier molecular flexibility index (Phi) is 2.94. The molecule has 82 valence electrons. The fraction of sp³-hybridized carbons (Fsp3) is 0.125. The van der Waals surface area contributed by atoms with Gasteiger partial charge in [-0.15, -0.1) is 3.89 Å². The van der Waals surface area contributed by atoms with Gasteiger partial charge in [0, 0.05) is 0 Å². The molecule has 0 aliphatic heterocycles. The summed E-state index contributed by atoms with van der Waals surface area (Å²) in [7, 11) is -3.79. The van der Waals surface area contributed by atoms with Crippen LogP contribution in [0.1, 0.15) is 10.4 Å². The highest BCUT2D eigenvalue weighted by Gasteiger charge is 2.19. The molecule has 7 heteroatoms. The summed E-state index contributed by atoms with van der Waals surface area (Å²) in [5.74, 6) is -1.59. The molecule has 1 rings (SSSR count). The Balaban J connectivity index is 3.40. The van der Waals surface area contributed by atoms with Crippen molar-refractivity contribution in [3.8, 4) is 5.75 Å². The van der Waals surface area contributed by atoms with Crippen LogP contribution in [0, 0.1) is 0 Å². The predicted molar refractivity (Wildman–Crippen MR) is 48.2 cm³/mol. The molecule has 5 nitrogen and oxygen atoms in total. The highest BCUT2D eigenvalue weighted by molar-refractivity contribution is 7.86. The molecule has 0 saturated heterocycles. The van der Waals surface area contributed by atoms with Gasteiger partial charge in [-0.1, -0.05) is 0 Å². The number of hydrogen-bond acceptors (Lipinski definition) is 4. The first-order chi connectivity index (χ1) is 6.86. The van der Waals surface area contributed by atoms with Crippen molar-refractivity contribution in [3.63, 3.8) is 0 Å². The summed E-state index contributed by atoms with van der Waals surface area (Å²) in [6.45, 7) is 0. The molecule has 0 heterocycles. The normalized spacial score (nSPS) is 11.1. The van der Waals surface area contributed by atoms with Crippen molar-refractivity contribution in [1.82, 2.24) is 0 Å². The van der Waals surface area contributed by atoms with Crippen LogP contribution in [0.2, 0.25) is 0 Å². The summed E-state index contributed by atoms with van der Waals surface area (Å²) in [5.41, 5.74) is -0.181. The molecular formula is C8H7FO5S. The molecule has 1 aromatic rings. The van der Waals surface area contributed by atoms with Crippen LogP contribution < -0.4 is 4.74 Å². The zero-order valence-electron chi connectivity index (χ0n) is 7.60. The maximum Gasteiger partial charge on any atom is 0.335 e. The third-order valence-electron chi connectivity index (χ3n) is 1.67. The molecule has 0 aliphatic carbocycles.